The number of amides is 1. The summed E-state index contributed by atoms with van der Waals surface area (Å²) in [5.41, 5.74) is 2.88. The first kappa shape index (κ1) is 19.3. The molecule has 1 aliphatic rings. The molecule has 0 bridgehead atoms. The molecule has 2 aromatic rings. The molecule has 4 nitrogen and oxygen atoms in total. The maximum absolute atomic E-state index is 13.0. The van der Waals surface area contributed by atoms with Crippen molar-refractivity contribution < 1.29 is 14.3 Å². The van der Waals surface area contributed by atoms with Crippen molar-refractivity contribution in [3.8, 4) is 11.5 Å². The molecule has 0 aliphatic carbocycles. The molecule has 1 heterocycles. The predicted octanol–water partition coefficient (Wildman–Crippen LogP) is 4.88. The highest BCUT2D eigenvalue weighted by Crippen LogP contribution is 2.40. The molecular formula is C23H29NO3. The molecule has 0 fully saturated rings. The number of nitrogens with one attached hydrogen (secondary N) is 1. The van der Waals surface area contributed by atoms with Gasteiger partial charge in [0, 0.05) is 12.0 Å². The number of para-hydroxylation sites is 1. The fourth-order valence-corrected chi connectivity index (χ4v) is 3.53. The van der Waals surface area contributed by atoms with Gasteiger partial charge in [0.05, 0.1) is 6.04 Å². The number of aryl methyl sites for hydroxylation is 2. The predicted molar refractivity (Wildman–Crippen MR) is 107 cm³/mol. The van der Waals surface area contributed by atoms with Gasteiger partial charge in [0.2, 0.25) is 0 Å². The van der Waals surface area contributed by atoms with Gasteiger partial charge in [0.25, 0.3) is 5.91 Å². The van der Waals surface area contributed by atoms with Crippen molar-refractivity contribution >= 4 is 5.91 Å². The lowest BCUT2D eigenvalue weighted by Gasteiger charge is -2.38. The van der Waals surface area contributed by atoms with Crippen LogP contribution >= 0.6 is 0 Å². The van der Waals surface area contributed by atoms with Crippen molar-refractivity contribution in [2.24, 2.45) is 0 Å². The Balaban J connectivity index is 1.80. The second-order valence-electron chi connectivity index (χ2n) is 7.95. The van der Waals surface area contributed by atoms with Crippen LogP contribution in [0.1, 0.15) is 56.3 Å². The highest BCUT2D eigenvalue weighted by atomic mass is 16.5. The Bertz CT molecular complexity index is 828. The minimum absolute atomic E-state index is 0.0871. The standard InChI is InChI=1S/C23H29NO3/c1-6-19(26-20-10-8-7-9-16(20)3)22(25)24-18-14-23(4,5)27-21-12-11-15(2)13-17(18)21/h7-13,18-19H,6,14H2,1-5H3,(H,24,25)/t18-,19-/m1/s1. The van der Waals surface area contributed by atoms with Crippen molar-refractivity contribution in [2.45, 2.75) is 65.2 Å². The third-order valence-electron chi connectivity index (χ3n) is 4.97. The minimum atomic E-state index is -0.523. The lowest BCUT2D eigenvalue weighted by atomic mass is 9.88. The largest absolute Gasteiger partial charge is 0.487 e. The SMILES string of the molecule is CC[C@@H](Oc1ccccc1C)C(=O)N[C@@H]1CC(C)(C)Oc2ccc(C)cc21. The Morgan fingerprint density at radius 1 is 1.26 bits per heavy atom. The summed E-state index contributed by atoms with van der Waals surface area (Å²) < 4.78 is 12.1. The topological polar surface area (TPSA) is 47.6 Å². The van der Waals surface area contributed by atoms with Crippen molar-refractivity contribution in [3.63, 3.8) is 0 Å². The summed E-state index contributed by atoms with van der Waals surface area (Å²) in [7, 11) is 0. The van der Waals surface area contributed by atoms with E-state index in [0.29, 0.717) is 6.42 Å². The minimum Gasteiger partial charge on any atom is -0.487 e. The first-order valence-corrected chi connectivity index (χ1v) is 9.61. The molecule has 2 atom stereocenters. The molecular weight excluding hydrogens is 338 g/mol. The van der Waals surface area contributed by atoms with E-state index >= 15 is 0 Å². The van der Waals surface area contributed by atoms with Gasteiger partial charge in [0.15, 0.2) is 6.10 Å². The summed E-state index contributed by atoms with van der Waals surface area (Å²) in [4.78, 5) is 13.0. The second-order valence-corrected chi connectivity index (χ2v) is 7.95. The van der Waals surface area contributed by atoms with E-state index in [1.165, 1.54) is 0 Å². The molecule has 0 aromatic heterocycles. The highest BCUT2D eigenvalue weighted by molar-refractivity contribution is 5.81. The normalized spacial score (nSPS) is 18.8. The zero-order chi connectivity index (χ0) is 19.6. The third-order valence-corrected chi connectivity index (χ3v) is 4.97. The van der Waals surface area contributed by atoms with Gasteiger partial charge in [-0.05, 0) is 51.8 Å². The fraction of sp³-hybridized carbons (Fsp3) is 0.435. The molecule has 1 N–H and O–H groups in total. The number of carbonyl (C=O) groups excluding carboxylic acids is 1. The summed E-state index contributed by atoms with van der Waals surface area (Å²) in [6, 6.07) is 13.8. The van der Waals surface area contributed by atoms with Crippen LogP contribution in [0.25, 0.3) is 0 Å². The Hall–Kier alpha value is -2.49. The summed E-state index contributed by atoms with van der Waals surface area (Å²) in [5.74, 6) is 1.51. The van der Waals surface area contributed by atoms with E-state index in [9.17, 15) is 4.79 Å². The van der Waals surface area contributed by atoms with Gasteiger partial charge in [-0.25, -0.2) is 0 Å². The zero-order valence-electron chi connectivity index (χ0n) is 16.8. The van der Waals surface area contributed by atoms with Gasteiger partial charge in [-0.1, -0.05) is 42.8 Å². The van der Waals surface area contributed by atoms with Crippen LogP contribution in [0.4, 0.5) is 0 Å². The molecule has 3 rings (SSSR count). The number of benzene rings is 2. The maximum Gasteiger partial charge on any atom is 0.261 e. The first-order chi connectivity index (χ1) is 12.8. The monoisotopic (exact) mass is 367 g/mol. The summed E-state index contributed by atoms with van der Waals surface area (Å²) in [6.07, 6.45) is 0.800. The van der Waals surface area contributed by atoms with Gasteiger partial charge in [-0.3, -0.25) is 4.79 Å². The van der Waals surface area contributed by atoms with Crippen LogP contribution in [0.2, 0.25) is 0 Å². The Kier molecular flexibility index (Phi) is 5.45. The van der Waals surface area contributed by atoms with E-state index in [1.54, 1.807) is 0 Å². The molecule has 0 saturated carbocycles. The highest BCUT2D eigenvalue weighted by Gasteiger charge is 2.35. The fourth-order valence-electron chi connectivity index (χ4n) is 3.53. The van der Waals surface area contributed by atoms with Crippen LogP contribution in [0, 0.1) is 13.8 Å². The van der Waals surface area contributed by atoms with Crippen LogP contribution in [0.3, 0.4) is 0 Å². The van der Waals surface area contributed by atoms with E-state index in [-0.39, 0.29) is 17.6 Å². The van der Waals surface area contributed by atoms with Gasteiger partial charge in [0.1, 0.15) is 17.1 Å². The van der Waals surface area contributed by atoms with Crippen LogP contribution in [0.5, 0.6) is 11.5 Å². The van der Waals surface area contributed by atoms with Gasteiger partial charge in [-0.15, -0.1) is 0 Å². The number of fused-ring (bicyclic) bond motifs is 1. The van der Waals surface area contributed by atoms with Crippen LogP contribution in [-0.4, -0.2) is 17.6 Å². The summed E-state index contributed by atoms with van der Waals surface area (Å²) >= 11 is 0. The Morgan fingerprint density at radius 2 is 2.00 bits per heavy atom. The molecule has 0 unspecified atom stereocenters. The second kappa shape index (κ2) is 7.63. The molecule has 1 aliphatic heterocycles. The molecule has 27 heavy (non-hydrogen) atoms. The molecule has 4 heteroatoms. The van der Waals surface area contributed by atoms with Crippen LogP contribution in [0.15, 0.2) is 42.5 Å². The van der Waals surface area contributed by atoms with Gasteiger partial charge >= 0.3 is 0 Å². The number of rotatable bonds is 5. The van der Waals surface area contributed by atoms with E-state index in [4.69, 9.17) is 9.47 Å². The van der Waals surface area contributed by atoms with Crippen LogP contribution in [-0.2, 0) is 4.79 Å². The van der Waals surface area contributed by atoms with E-state index in [0.717, 1.165) is 34.6 Å². The lowest BCUT2D eigenvalue weighted by Crippen LogP contribution is -2.45. The summed E-state index contributed by atoms with van der Waals surface area (Å²) in [6.45, 7) is 10.1. The van der Waals surface area contributed by atoms with Crippen molar-refractivity contribution in [2.75, 3.05) is 0 Å². The van der Waals surface area contributed by atoms with Crippen molar-refractivity contribution in [3.05, 3.63) is 59.2 Å². The first-order valence-electron chi connectivity index (χ1n) is 9.61. The number of hydrogen-bond donors (Lipinski definition) is 1. The molecule has 1 amide bonds. The van der Waals surface area contributed by atoms with E-state index in [2.05, 4.69) is 32.2 Å². The lowest BCUT2D eigenvalue weighted by molar-refractivity contribution is -0.129. The molecule has 0 saturated heterocycles. The van der Waals surface area contributed by atoms with Crippen molar-refractivity contribution in [1.29, 1.82) is 0 Å². The number of hydrogen-bond acceptors (Lipinski definition) is 3. The Labute approximate surface area is 161 Å². The third kappa shape index (κ3) is 4.44. The molecule has 0 spiro atoms. The molecule has 144 valence electrons. The van der Waals surface area contributed by atoms with Gasteiger partial charge in [-0.2, -0.15) is 0 Å². The summed E-state index contributed by atoms with van der Waals surface area (Å²) in [5, 5.41) is 3.20. The number of ether oxygens (including phenoxy) is 2. The average Bonchev–Trinajstić information content (AvgIpc) is 2.61. The quantitative estimate of drug-likeness (QED) is 0.819. The zero-order valence-corrected chi connectivity index (χ0v) is 16.8. The molecule has 0 radical (unpaired) electrons. The average molecular weight is 367 g/mol. The van der Waals surface area contributed by atoms with Crippen LogP contribution < -0.4 is 14.8 Å². The number of carbonyl (C=O) groups is 1. The van der Waals surface area contributed by atoms with E-state index in [1.807, 2.05) is 50.2 Å². The maximum atomic E-state index is 13.0. The van der Waals surface area contributed by atoms with E-state index < -0.39 is 6.10 Å². The smallest absolute Gasteiger partial charge is 0.261 e. The molecule has 2 aromatic carbocycles. The van der Waals surface area contributed by atoms with Crippen molar-refractivity contribution in [1.82, 2.24) is 5.32 Å². The Morgan fingerprint density at radius 3 is 2.70 bits per heavy atom. The van der Waals surface area contributed by atoms with Gasteiger partial charge < -0.3 is 14.8 Å².